The van der Waals surface area contributed by atoms with E-state index in [1.54, 1.807) is 19.2 Å². The first-order valence-electron chi connectivity index (χ1n) is 11.5. The molecule has 188 valence electrons. The number of ketones is 1. The summed E-state index contributed by atoms with van der Waals surface area (Å²) in [5, 5.41) is 4.92. The summed E-state index contributed by atoms with van der Waals surface area (Å²) in [6, 6.07) is 6.74. The molecule has 0 bridgehead atoms. The predicted molar refractivity (Wildman–Crippen MR) is 140 cm³/mol. The minimum absolute atomic E-state index is 0. The van der Waals surface area contributed by atoms with Crippen molar-refractivity contribution in [1.29, 1.82) is 0 Å². The number of carbonyl (C=O) groups is 2. The van der Waals surface area contributed by atoms with E-state index in [-0.39, 0.29) is 24.1 Å². The number of hydrogen-bond acceptors (Lipinski definition) is 7. The normalized spacial score (nSPS) is 22.1. The molecule has 2 aliphatic rings. The summed E-state index contributed by atoms with van der Waals surface area (Å²) in [7, 11) is 1.70. The molecule has 2 atom stereocenters. The molecule has 0 spiro atoms. The maximum atomic E-state index is 13.5. The van der Waals surface area contributed by atoms with Gasteiger partial charge in [0.15, 0.2) is 5.01 Å². The van der Waals surface area contributed by atoms with Crippen molar-refractivity contribution in [2.24, 2.45) is 5.73 Å². The first kappa shape index (κ1) is 26.1. The van der Waals surface area contributed by atoms with Crippen molar-refractivity contribution in [3.8, 4) is 0 Å². The van der Waals surface area contributed by atoms with Crippen LogP contribution in [0.2, 0.25) is 5.02 Å². The number of aromatic amines is 1. The molecule has 0 saturated heterocycles. The van der Waals surface area contributed by atoms with E-state index in [4.69, 9.17) is 22.1 Å². The molecule has 1 fully saturated rings. The summed E-state index contributed by atoms with van der Waals surface area (Å²) in [6.45, 7) is 3.21. The molecule has 1 aliphatic carbocycles. The number of hydrogen-bond donors (Lipinski definition) is 3. The molecule has 35 heavy (non-hydrogen) atoms. The summed E-state index contributed by atoms with van der Waals surface area (Å²) in [4.78, 5) is 37.8. The van der Waals surface area contributed by atoms with Gasteiger partial charge in [0.1, 0.15) is 5.54 Å². The Hall–Kier alpha value is -2.01. The number of nitrogens with two attached hydrogens (primary N) is 1. The second kappa shape index (κ2) is 10.5. The van der Waals surface area contributed by atoms with Crippen molar-refractivity contribution in [2.75, 3.05) is 26.8 Å². The molecule has 1 aromatic carbocycles. The number of rotatable bonds is 7. The number of halogens is 2. The maximum absolute atomic E-state index is 13.5. The number of nitrogens with zero attached hydrogens (tertiary/aromatic N) is 2. The average molecular weight is 539 g/mol. The lowest BCUT2D eigenvalue weighted by molar-refractivity contribution is 0.0831. The number of H-pyrrole nitrogens is 1. The quantitative estimate of drug-likeness (QED) is 0.397. The zero-order chi connectivity index (χ0) is 23.9. The fourth-order valence-corrected chi connectivity index (χ4v) is 6.19. The molecule has 8 nitrogen and oxygen atoms in total. The molecule has 3 heterocycles. The van der Waals surface area contributed by atoms with Gasteiger partial charge in [-0.25, -0.2) is 4.98 Å². The van der Waals surface area contributed by atoms with Crippen LogP contribution in [0.5, 0.6) is 0 Å². The van der Waals surface area contributed by atoms with Crippen LogP contribution in [0.4, 0.5) is 0 Å². The third-order valence-electron chi connectivity index (χ3n) is 6.88. The molecule has 11 heteroatoms. The summed E-state index contributed by atoms with van der Waals surface area (Å²) in [5.41, 5.74) is 7.74. The number of thiazole rings is 1. The topological polar surface area (TPSA) is 113 Å². The van der Waals surface area contributed by atoms with Gasteiger partial charge in [-0.05, 0) is 43.5 Å². The number of Topliss-reactive ketones (excluding diaryl/α,β-unsaturated/α-hetero) is 1. The number of methoxy groups -OCH3 is 1. The van der Waals surface area contributed by atoms with Gasteiger partial charge in [-0.1, -0.05) is 11.6 Å². The Labute approximate surface area is 219 Å². The number of benzene rings is 1. The van der Waals surface area contributed by atoms with Crippen molar-refractivity contribution in [3.63, 3.8) is 0 Å². The highest BCUT2D eigenvalue weighted by Gasteiger charge is 2.47. The fraction of sp³-hybridized carbons (Fsp3) is 0.458. The summed E-state index contributed by atoms with van der Waals surface area (Å²) in [6.07, 6.45) is 2.74. The summed E-state index contributed by atoms with van der Waals surface area (Å²) >= 11 is 7.51. The van der Waals surface area contributed by atoms with Gasteiger partial charge >= 0.3 is 0 Å². The largest absolute Gasteiger partial charge is 0.383 e. The highest BCUT2D eigenvalue weighted by molar-refractivity contribution is 7.13. The minimum Gasteiger partial charge on any atom is -0.383 e. The van der Waals surface area contributed by atoms with E-state index in [2.05, 4.69) is 20.2 Å². The lowest BCUT2D eigenvalue weighted by Crippen LogP contribution is -2.60. The van der Waals surface area contributed by atoms with Gasteiger partial charge in [0.2, 0.25) is 5.78 Å². The number of nitrogens with one attached hydrogen (secondary N) is 2. The lowest BCUT2D eigenvalue weighted by atomic mass is 9.87. The van der Waals surface area contributed by atoms with Crippen molar-refractivity contribution >= 4 is 57.9 Å². The van der Waals surface area contributed by atoms with Gasteiger partial charge in [-0.3, -0.25) is 14.5 Å². The SMILES string of the molecule is COCCN1CCc2nc(C(=O)NC3CCCC3(N)C(=O)c3cc4cc(Cl)ccc4[nH]3)sc2C1.Cl. The van der Waals surface area contributed by atoms with Crippen LogP contribution in [0.3, 0.4) is 0 Å². The van der Waals surface area contributed by atoms with Crippen molar-refractivity contribution in [3.05, 3.63) is 50.6 Å². The smallest absolute Gasteiger partial charge is 0.280 e. The zero-order valence-electron chi connectivity index (χ0n) is 19.4. The van der Waals surface area contributed by atoms with Gasteiger partial charge in [-0.2, -0.15) is 0 Å². The van der Waals surface area contributed by atoms with E-state index in [0.717, 1.165) is 53.9 Å². The summed E-state index contributed by atoms with van der Waals surface area (Å²) < 4.78 is 5.18. The molecule has 5 rings (SSSR count). The molecular weight excluding hydrogens is 509 g/mol. The third-order valence-corrected chi connectivity index (χ3v) is 8.19. The van der Waals surface area contributed by atoms with Gasteiger partial charge < -0.3 is 20.8 Å². The van der Waals surface area contributed by atoms with Crippen LogP contribution in [0.1, 0.15) is 50.1 Å². The highest BCUT2D eigenvalue weighted by Crippen LogP contribution is 2.33. The molecule has 3 aromatic rings. The molecule has 1 aliphatic heterocycles. The fourth-order valence-electron chi connectivity index (χ4n) is 4.96. The molecule has 4 N–H and O–H groups in total. The van der Waals surface area contributed by atoms with Crippen molar-refractivity contribution < 1.29 is 14.3 Å². The van der Waals surface area contributed by atoms with Crippen LogP contribution < -0.4 is 11.1 Å². The van der Waals surface area contributed by atoms with Crippen LogP contribution in [-0.2, 0) is 17.7 Å². The number of ether oxygens (including phenoxy) is 1. The van der Waals surface area contributed by atoms with Crippen LogP contribution in [0.15, 0.2) is 24.3 Å². The Kier molecular flexibility index (Phi) is 7.85. The maximum Gasteiger partial charge on any atom is 0.280 e. The second-order valence-corrected chi connectivity index (χ2v) is 10.6. The van der Waals surface area contributed by atoms with E-state index < -0.39 is 11.6 Å². The van der Waals surface area contributed by atoms with Crippen LogP contribution in [-0.4, -0.2) is 64.9 Å². The number of aromatic nitrogens is 2. The van der Waals surface area contributed by atoms with Crippen LogP contribution >= 0.6 is 35.3 Å². The zero-order valence-corrected chi connectivity index (χ0v) is 21.8. The highest BCUT2D eigenvalue weighted by atomic mass is 35.5. The number of amides is 1. The van der Waals surface area contributed by atoms with Crippen molar-refractivity contribution in [1.82, 2.24) is 20.2 Å². The molecule has 0 radical (unpaired) electrons. The minimum atomic E-state index is -1.17. The molecule has 1 amide bonds. The average Bonchev–Trinajstić information content (AvgIpc) is 3.53. The van der Waals surface area contributed by atoms with Gasteiger partial charge in [0, 0.05) is 54.0 Å². The Balaban J connectivity index is 0.00000289. The Bertz CT molecular complexity index is 1250. The van der Waals surface area contributed by atoms with Gasteiger partial charge in [0.05, 0.1) is 24.0 Å². The summed E-state index contributed by atoms with van der Waals surface area (Å²) in [5.74, 6) is -0.462. The first-order valence-corrected chi connectivity index (χ1v) is 12.7. The second-order valence-electron chi connectivity index (χ2n) is 9.11. The molecular formula is C24H29Cl2N5O3S. The Morgan fingerprint density at radius 2 is 2.23 bits per heavy atom. The van der Waals surface area contributed by atoms with E-state index >= 15 is 0 Å². The van der Waals surface area contributed by atoms with Gasteiger partial charge in [-0.15, -0.1) is 23.7 Å². The van der Waals surface area contributed by atoms with Crippen LogP contribution in [0, 0.1) is 0 Å². The van der Waals surface area contributed by atoms with E-state index in [1.165, 1.54) is 11.3 Å². The first-order chi connectivity index (χ1) is 16.4. The lowest BCUT2D eigenvalue weighted by Gasteiger charge is -2.30. The Morgan fingerprint density at radius 3 is 3.03 bits per heavy atom. The van der Waals surface area contributed by atoms with E-state index in [9.17, 15) is 9.59 Å². The molecule has 1 saturated carbocycles. The van der Waals surface area contributed by atoms with E-state index in [1.807, 2.05) is 12.1 Å². The third kappa shape index (κ3) is 5.12. The standard InChI is InChI=1S/C24H28ClN5O3S.ClH/c1-33-10-9-30-8-6-17-19(13-30)34-23(28-17)22(32)29-20-3-2-7-24(20,26)21(31)18-12-14-11-15(25)4-5-16(14)27-18;/h4-5,11-12,20,27H,2-3,6-10,13,26H2,1H3,(H,29,32);1H. The molecule has 2 aromatic heterocycles. The Morgan fingerprint density at radius 1 is 1.40 bits per heavy atom. The molecule has 2 unspecified atom stereocenters. The monoisotopic (exact) mass is 537 g/mol. The number of fused-ring (bicyclic) bond motifs is 2. The van der Waals surface area contributed by atoms with E-state index in [0.29, 0.717) is 35.2 Å². The van der Waals surface area contributed by atoms with Gasteiger partial charge in [0.25, 0.3) is 5.91 Å². The number of carbonyl (C=O) groups excluding carboxylic acids is 2. The van der Waals surface area contributed by atoms with Crippen molar-refractivity contribution in [2.45, 2.75) is 43.8 Å². The predicted octanol–water partition coefficient (Wildman–Crippen LogP) is 3.57. The van der Waals surface area contributed by atoms with Crippen LogP contribution in [0.25, 0.3) is 10.9 Å².